The first-order chi connectivity index (χ1) is 11.5. The minimum Gasteiger partial charge on any atom is -0.247 e. The molecule has 5 nitrogen and oxygen atoms in total. The zero-order valence-corrected chi connectivity index (χ0v) is 12.7. The van der Waals surface area contributed by atoms with Gasteiger partial charge in [-0.25, -0.2) is 10.1 Å². The van der Waals surface area contributed by atoms with E-state index >= 15 is 0 Å². The highest BCUT2D eigenvalue weighted by Crippen LogP contribution is 2.30. The minimum atomic E-state index is -4.38. The Morgan fingerprint density at radius 1 is 1.25 bits per heavy atom. The molecule has 3 rings (SSSR count). The quantitative estimate of drug-likeness (QED) is 0.777. The molecule has 0 aliphatic carbocycles. The number of aromatic amines is 1. The van der Waals surface area contributed by atoms with Crippen LogP contribution in [0.3, 0.4) is 0 Å². The third kappa shape index (κ3) is 3.33. The Bertz CT molecular complexity index is 933. The Balaban J connectivity index is 1.83. The van der Waals surface area contributed by atoms with Gasteiger partial charge in [0.25, 0.3) is 0 Å². The van der Waals surface area contributed by atoms with Gasteiger partial charge in [0.2, 0.25) is 0 Å². The number of aromatic nitrogens is 4. The molecular formula is C15H8F3N5S. The van der Waals surface area contributed by atoms with Crippen LogP contribution in [0, 0.1) is 11.3 Å². The second-order valence-corrected chi connectivity index (χ2v) is 5.56. The van der Waals surface area contributed by atoms with Crippen molar-refractivity contribution in [2.24, 2.45) is 0 Å². The van der Waals surface area contributed by atoms with Crippen molar-refractivity contribution in [2.45, 2.75) is 6.18 Å². The number of hydrogen-bond donors (Lipinski definition) is 1. The van der Waals surface area contributed by atoms with Gasteiger partial charge in [-0.1, -0.05) is 23.4 Å². The van der Waals surface area contributed by atoms with Gasteiger partial charge in [-0.05, 0) is 23.8 Å². The number of nitriles is 1. The number of rotatable bonds is 3. The third-order valence-electron chi connectivity index (χ3n) is 3.06. The number of thiazole rings is 1. The molecule has 0 aliphatic heterocycles. The summed E-state index contributed by atoms with van der Waals surface area (Å²) in [4.78, 5) is 4.28. The van der Waals surface area contributed by atoms with E-state index in [2.05, 4.69) is 20.4 Å². The van der Waals surface area contributed by atoms with Crippen LogP contribution in [-0.4, -0.2) is 20.4 Å². The molecule has 120 valence electrons. The van der Waals surface area contributed by atoms with Crippen LogP contribution in [0.4, 0.5) is 13.2 Å². The monoisotopic (exact) mass is 347 g/mol. The highest BCUT2D eigenvalue weighted by Gasteiger charge is 2.30. The molecule has 0 saturated heterocycles. The molecule has 0 aliphatic rings. The van der Waals surface area contributed by atoms with E-state index in [0.29, 0.717) is 22.0 Å². The summed E-state index contributed by atoms with van der Waals surface area (Å²) >= 11 is 1.28. The van der Waals surface area contributed by atoms with Gasteiger partial charge in [-0.2, -0.15) is 18.4 Å². The van der Waals surface area contributed by atoms with E-state index < -0.39 is 11.7 Å². The molecule has 0 atom stereocenters. The topological polar surface area (TPSA) is 78.2 Å². The maximum Gasteiger partial charge on any atom is 0.416 e. The smallest absolute Gasteiger partial charge is 0.247 e. The summed E-state index contributed by atoms with van der Waals surface area (Å²) in [6, 6.07) is 6.93. The Morgan fingerprint density at radius 3 is 2.83 bits per heavy atom. The summed E-state index contributed by atoms with van der Waals surface area (Å²) in [5.41, 5.74) is 0.738. The van der Waals surface area contributed by atoms with Crippen LogP contribution < -0.4 is 0 Å². The first kappa shape index (κ1) is 15.9. The zero-order chi connectivity index (χ0) is 17.2. The average molecular weight is 347 g/mol. The van der Waals surface area contributed by atoms with E-state index in [9.17, 15) is 13.2 Å². The van der Waals surface area contributed by atoms with Crippen LogP contribution >= 0.6 is 11.3 Å². The summed E-state index contributed by atoms with van der Waals surface area (Å²) in [5.74, 6) is 0. The van der Waals surface area contributed by atoms with Crippen molar-refractivity contribution in [1.29, 1.82) is 5.26 Å². The lowest BCUT2D eigenvalue weighted by molar-refractivity contribution is -0.137. The summed E-state index contributed by atoms with van der Waals surface area (Å²) in [6.45, 7) is 0. The molecule has 1 aromatic carbocycles. The predicted octanol–water partition coefficient (Wildman–Crippen LogP) is 3.99. The minimum absolute atomic E-state index is 0.203. The van der Waals surface area contributed by atoms with Crippen molar-refractivity contribution < 1.29 is 13.2 Å². The maximum atomic E-state index is 12.7. The van der Waals surface area contributed by atoms with Gasteiger partial charge >= 0.3 is 6.18 Å². The van der Waals surface area contributed by atoms with Crippen molar-refractivity contribution in [2.75, 3.05) is 0 Å². The Morgan fingerprint density at radius 2 is 2.08 bits per heavy atom. The Hall–Kier alpha value is -2.99. The van der Waals surface area contributed by atoms with Crippen LogP contribution in [0.1, 0.15) is 21.8 Å². The fraction of sp³-hybridized carbons (Fsp3) is 0.0667. The SMILES string of the molecule is N#Cc1[nH]nnc1-c1csc(C=Cc2cccc(C(F)(F)F)c2)n1. The molecule has 0 spiro atoms. The first-order valence-corrected chi connectivity index (χ1v) is 7.48. The summed E-state index contributed by atoms with van der Waals surface area (Å²) in [6.07, 6.45) is -1.22. The molecule has 0 fully saturated rings. The van der Waals surface area contributed by atoms with Crippen molar-refractivity contribution in [3.63, 3.8) is 0 Å². The fourth-order valence-electron chi connectivity index (χ4n) is 1.94. The van der Waals surface area contributed by atoms with E-state index in [1.807, 2.05) is 6.07 Å². The highest BCUT2D eigenvalue weighted by atomic mass is 32.1. The summed E-state index contributed by atoms with van der Waals surface area (Å²) < 4.78 is 38.1. The van der Waals surface area contributed by atoms with Crippen LogP contribution in [0.25, 0.3) is 23.5 Å². The molecule has 2 heterocycles. The number of halogens is 3. The molecule has 2 aromatic heterocycles. The normalized spacial score (nSPS) is 11.8. The van der Waals surface area contributed by atoms with Gasteiger partial charge in [-0.15, -0.1) is 16.4 Å². The number of nitrogens with one attached hydrogen (secondary N) is 1. The number of nitrogens with zero attached hydrogens (tertiary/aromatic N) is 4. The molecule has 1 N–H and O–H groups in total. The van der Waals surface area contributed by atoms with Crippen molar-refractivity contribution in [3.8, 4) is 17.5 Å². The van der Waals surface area contributed by atoms with Crippen LogP contribution in [0.5, 0.6) is 0 Å². The van der Waals surface area contributed by atoms with Gasteiger partial charge in [-0.3, -0.25) is 0 Å². The second kappa shape index (κ2) is 6.25. The molecule has 0 unspecified atom stereocenters. The second-order valence-electron chi connectivity index (χ2n) is 4.67. The van der Waals surface area contributed by atoms with Crippen molar-refractivity contribution >= 4 is 23.5 Å². The van der Waals surface area contributed by atoms with E-state index in [4.69, 9.17) is 5.26 Å². The largest absolute Gasteiger partial charge is 0.416 e. The molecule has 24 heavy (non-hydrogen) atoms. The maximum absolute atomic E-state index is 12.7. The number of hydrogen-bond acceptors (Lipinski definition) is 5. The lowest BCUT2D eigenvalue weighted by atomic mass is 10.1. The molecule has 0 amide bonds. The van der Waals surface area contributed by atoms with Crippen LogP contribution in [0.2, 0.25) is 0 Å². The summed E-state index contributed by atoms with van der Waals surface area (Å²) in [5, 5.41) is 21.0. The van der Waals surface area contributed by atoms with Gasteiger partial charge < -0.3 is 0 Å². The van der Waals surface area contributed by atoms with Gasteiger partial charge in [0, 0.05) is 5.38 Å². The third-order valence-corrected chi connectivity index (χ3v) is 3.87. The molecule has 0 bridgehead atoms. The van der Waals surface area contributed by atoms with Crippen molar-refractivity contribution in [1.82, 2.24) is 20.4 Å². The standard InChI is InChI=1S/C15H8F3N5S/c16-15(17,18)10-3-1-2-9(6-10)4-5-13-20-12(8-24-13)14-11(7-19)21-23-22-14/h1-6,8H,(H,21,22,23). The lowest BCUT2D eigenvalue weighted by Gasteiger charge is -2.06. The van der Waals surface area contributed by atoms with E-state index in [-0.39, 0.29) is 5.69 Å². The fourth-order valence-corrected chi connectivity index (χ4v) is 2.64. The number of benzene rings is 1. The van der Waals surface area contributed by atoms with E-state index in [1.165, 1.54) is 17.4 Å². The Kier molecular flexibility index (Phi) is 4.14. The molecule has 0 radical (unpaired) electrons. The predicted molar refractivity (Wildman–Crippen MR) is 82.6 cm³/mol. The molecule has 3 aromatic rings. The first-order valence-electron chi connectivity index (χ1n) is 6.60. The number of H-pyrrole nitrogens is 1. The molecule has 0 saturated carbocycles. The number of alkyl halides is 3. The zero-order valence-electron chi connectivity index (χ0n) is 11.9. The average Bonchev–Trinajstić information content (AvgIpc) is 3.21. The van der Waals surface area contributed by atoms with Gasteiger partial charge in [0.15, 0.2) is 5.69 Å². The lowest BCUT2D eigenvalue weighted by Crippen LogP contribution is -2.04. The molecule has 9 heteroatoms. The molecular weight excluding hydrogens is 339 g/mol. The van der Waals surface area contributed by atoms with Gasteiger partial charge in [0.1, 0.15) is 22.5 Å². The van der Waals surface area contributed by atoms with Crippen LogP contribution in [-0.2, 0) is 6.18 Å². The highest BCUT2D eigenvalue weighted by molar-refractivity contribution is 7.10. The Labute approximate surface area is 138 Å². The summed E-state index contributed by atoms with van der Waals surface area (Å²) in [7, 11) is 0. The van der Waals surface area contributed by atoms with Crippen LogP contribution in [0.15, 0.2) is 29.6 Å². The van der Waals surface area contributed by atoms with E-state index in [1.54, 1.807) is 23.6 Å². The van der Waals surface area contributed by atoms with E-state index in [0.717, 1.165) is 12.1 Å². The van der Waals surface area contributed by atoms with Gasteiger partial charge in [0.05, 0.1) is 5.56 Å². The van der Waals surface area contributed by atoms with Crippen molar-refractivity contribution in [3.05, 3.63) is 51.5 Å².